The lowest BCUT2D eigenvalue weighted by atomic mass is 10.2. The quantitative estimate of drug-likeness (QED) is 0.287. The second kappa shape index (κ2) is 6.00. The summed E-state index contributed by atoms with van der Waals surface area (Å²) in [6.45, 7) is 1.39. The molecule has 6 N–H and O–H groups in total. The van der Waals surface area contributed by atoms with Gasteiger partial charge in [0.05, 0.1) is 6.54 Å². The lowest BCUT2D eigenvalue weighted by Crippen LogP contribution is -2.30. The number of hydrogen-bond acceptors (Lipinski definition) is 4. The molecule has 7 nitrogen and oxygen atoms in total. The standard InChI is InChI=1S/C9H14ClN5O2/c10-8(12)6(3-7(11)14-5-16)4-15-2-1-13-9(15)17/h3,5H,1-2,4,11-12H2,(H,13,17)(H,14,16)/b7-3+,8-6+. The second-order valence-corrected chi connectivity index (χ2v) is 3.80. The number of halogens is 1. The van der Waals surface area contributed by atoms with Gasteiger partial charge in [-0.1, -0.05) is 11.6 Å². The van der Waals surface area contributed by atoms with Gasteiger partial charge in [0.1, 0.15) is 11.0 Å². The smallest absolute Gasteiger partial charge is 0.317 e. The van der Waals surface area contributed by atoms with Crippen molar-refractivity contribution in [2.75, 3.05) is 19.6 Å². The first kappa shape index (κ1) is 13.2. The number of urea groups is 1. The van der Waals surface area contributed by atoms with Crippen LogP contribution in [0.2, 0.25) is 0 Å². The van der Waals surface area contributed by atoms with E-state index < -0.39 is 0 Å². The van der Waals surface area contributed by atoms with E-state index in [1.54, 1.807) is 0 Å². The summed E-state index contributed by atoms with van der Waals surface area (Å²) < 4.78 is 0. The molecule has 0 radical (unpaired) electrons. The topological polar surface area (TPSA) is 113 Å². The van der Waals surface area contributed by atoms with Crippen LogP contribution in [-0.4, -0.2) is 37.0 Å². The summed E-state index contributed by atoms with van der Waals surface area (Å²) >= 11 is 5.70. The minimum atomic E-state index is -0.185. The van der Waals surface area contributed by atoms with Crippen molar-refractivity contribution >= 4 is 24.0 Å². The zero-order valence-corrected chi connectivity index (χ0v) is 9.83. The van der Waals surface area contributed by atoms with Gasteiger partial charge in [0.25, 0.3) is 0 Å². The van der Waals surface area contributed by atoms with Crippen molar-refractivity contribution in [3.8, 4) is 0 Å². The monoisotopic (exact) mass is 259 g/mol. The van der Waals surface area contributed by atoms with Gasteiger partial charge in [-0.05, 0) is 6.08 Å². The molecule has 0 spiro atoms. The number of nitrogens with zero attached hydrogens (tertiary/aromatic N) is 1. The van der Waals surface area contributed by atoms with E-state index in [-0.39, 0.29) is 23.6 Å². The summed E-state index contributed by atoms with van der Waals surface area (Å²) in [5, 5.41) is 4.94. The molecule has 94 valence electrons. The fourth-order valence-electron chi connectivity index (χ4n) is 1.36. The molecule has 1 saturated heterocycles. The van der Waals surface area contributed by atoms with Gasteiger partial charge < -0.3 is 27.0 Å². The van der Waals surface area contributed by atoms with Crippen LogP contribution in [0.5, 0.6) is 0 Å². The van der Waals surface area contributed by atoms with Crippen LogP contribution >= 0.6 is 11.6 Å². The van der Waals surface area contributed by atoms with Gasteiger partial charge in [0, 0.05) is 18.7 Å². The average Bonchev–Trinajstić information content (AvgIpc) is 2.63. The molecule has 8 heteroatoms. The van der Waals surface area contributed by atoms with Crippen molar-refractivity contribution in [3.63, 3.8) is 0 Å². The number of carbonyl (C=O) groups excluding carboxylic acids is 2. The van der Waals surface area contributed by atoms with Crippen molar-refractivity contribution in [2.24, 2.45) is 11.5 Å². The Morgan fingerprint density at radius 3 is 2.76 bits per heavy atom. The van der Waals surface area contributed by atoms with Crippen molar-refractivity contribution < 1.29 is 9.59 Å². The molecule has 1 heterocycles. The lowest BCUT2D eigenvalue weighted by Gasteiger charge is -2.15. The van der Waals surface area contributed by atoms with Crippen molar-refractivity contribution in [3.05, 3.63) is 22.6 Å². The first-order chi connectivity index (χ1) is 8.04. The Kier molecular flexibility index (Phi) is 4.65. The normalized spacial score (nSPS) is 17.6. The lowest BCUT2D eigenvalue weighted by molar-refractivity contribution is -0.108. The molecule has 0 aromatic rings. The predicted octanol–water partition coefficient (Wildman–Crippen LogP) is -1.03. The third-order valence-corrected chi connectivity index (χ3v) is 2.41. The van der Waals surface area contributed by atoms with Gasteiger partial charge in [0.15, 0.2) is 0 Å². The Bertz CT molecular complexity index is 376. The van der Waals surface area contributed by atoms with E-state index in [2.05, 4.69) is 10.6 Å². The van der Waals surface area contributed by atoms with Gasteiger partial charge in [-0.25, -0.2) is 4.79 Å². The fraction of sp³-hybridized carbons (Fsp3) is 0.333. The molecule has 0 aromatic heterocycles. The summed E-state index contributed by atoms with van der Waals surface area (Å²) in [5.41, 5.74) is 11.4. The van der Waals surface area contributed by atoms with E-state index in [1.807, 2.05) is 0 Å². The largest absolute Gasteiger partial charge is 0.389 e. The predicted molar refractivity (Wildman–Crippen MR) is 63.5 cm³/mol. The SMILES string of the molecule is N/C(Cl)=C(\C=C(/N)NC=O)CN1CCNC1=O. The van der Waals surface area contributed by atoms with Gasteiger partial charge in [-0.15, -0.1) is 0 Å². The first-order valence-electron chi connectivity index (χ1n) is 4.89. The number of carbonyl (C=O) groups is 2. The van der Waals surface area contributed by atoms with Gasteiger partial charge in [-0.2, -0.15) is 0 Å². The highest BCUT2D eigenvalue weighted by molar-refractivity contribution is 6.29. The third-order valence-electron chi connectivity index (χ3n) is 2.17. The molecule has 0 saturated carbocycles. The van der Waals surface area contributed by atoms with Gasteiger partial charge in [-0.3, -0.25) is 4.79 Å². The maximum atomic E-state index is 11.3. The molecule has 0 aromatic carbocycles. The van der Waals surface area contributed by atoms with Crippen molar-refractivity contribution in [2.45, 2.75) is 0 Å². The highest BCUT2D eigenvalue weighted by Gasteiger charge is 2.20. The van der Waals surface area contributed by atoms with Crippen LogP contribution in [0.4, 0.5) is 4.79 Å². The summed E-state index contributed by atoms with van der Waals surface area (Å²) in [6.07, 6.45) is 1.86. The first-order valence-corrected chi connectivity index (χ1v) is 5.26. The average molecular weight is 260 g/mol. The molecule has 0 unspecified atom stereocenters. The van der Waals surface area contributed by atoms with Crippen LogP contribution in [0, 0.1) is 0 Å². The van der Waals surface area contributed by atoms with E-state index in [0.29, 0.717) is 25.1 Å². The zero-order chi connectivity index (χ0) is 12.8. The van der Waals surface area contributed by atoms with E-state index in [9.17, 15) is 9.59 Å². The van der Waals surface area contributed by atoms with E-state index in [0.717, 1.165) is 0 Å². The maximum absolute atomic E-state index is 11.3. The Balaban J connectivity index is 2.74. The van der Waals surface area contributed by atoms with E-state index >= 15 is 0 Å². The van der Waals surface area contributed by atoms with Crippen LogP contribution < -0.4 is 22.1 Å². The summed E-state index contributed by atoms with van der Waals surface area (Å²) in [4.78, 5) is 23.0. The molecular weight excluding hydrogens is 246 g/mol. The summed E-state index contributed by atoms with van der Waals surface area (Å²) in [5.74, 6) is 0.109. The summed E-state index contributed by atoms with van der Waals surface area (Å²) in [7, 11) is 0. The number of rotatable bonds is 5. The molecule has 0 atom stereocenters. The minimum Gasteiger partial charge on any atom is -0.389 e. The Labute approximate surface area is 103 Å². The molecule has 17 heavy (non-hydrogen) atoms. The molecular formula is C9H14ClN5O2. The molecule has 0 aliphatic carbocycles. The number of nitrogens with one attached hydrogen (secondary N) is 2. The van der Waals surface area contributed by atoms with Crippen LogP contribution in [0.25, 0.3) is 0 Å². The molecule has 0 bridgehead atoms. The highest BCUT2D eigenvalue weighted by atomic mass is 35.5. The second-order valence-electron chi connectivity index (χ2n) is 3.39. The Morgan fingerprint density at radius 1 is 1.59 bits per heavy atom. The van der Waals surface area contributed by atoms with Crippen molar-refractivity contribution in [1.29, 1.82) is 0 Å². The summed E-state index contributed by atoms with van der Waals surface area (Å²) in [6, 6.07) is -0.185. The van der Waals surface area contributed by atoms with Gasteiger partial charge >= 0.3 is 6.03 Å². The Morgan fingerprint density at radius 2 is 2.29 bits per heavy atom. The fourth-order valence-corrected chi connectivity index (χ4v) is 1.47. The number of hydrogen-bond donors (Lipinski definition) is 4. The third kappa shape index (κ3) is 3.87. The Hall–Kier alpha value is -1.89. The maximum Gasteiger partial charge on any atom is 0.317 e. The highest BCUT2D eigenvalue weighted by Crippen LogP contribution is 2.10. The van der Waals surface area contributed by atoms with Crippen LogP contribution in [-0.2, 0) is 4.79 Å². The van der Waals surface area contributed by atoms with E-state index in [4.69, 9.17) is 23.1 Å². The van der Waals surface area contributed by atoms with Crippen LogP contribution in [0.1, 0.15) is 0 Å². The molecule has 1 aliphatic heterocycles. The van der Waals surface area contributed by atoms with Gasteiger partial charge in [0.2, 0.25) is 6.41 Å². The molecule has 3 amide bonds. The minimum absolute atomic E-state index is 0.0281. The van der Waals surface area contributed by atoms with Crippen LogP contribution in [0.3, 0.4) is 0 Å². The molecule has 1 rings (SSSR count). The number of nitrogens with two attached hydrogens (primary N) is 2. The zero-order valence-electron chi connectivity index (χ0n) is 9.07. The molecule has 1 aliphatic rings. The van der Waals surface area contributed by atoms with E-state index in [1.165, 1.54) is 11.0 Å². The number of amides is 3. The van der Waals surface area contributed by atoms with Crippen molar-refractivity contribution in [1.82, 2.24) is 15.5 Å². The molecule has 1 fully saturated rings. The van der Waals surface area contributed by atoms with Crippen LogP contribution in [0.15, 0.2) is 22.6 Å².